The summed E-state index contributed by atoms with van der Waals surface area (Å²) in [6.07, 6.45) is 9.49. The minimum absolute atomic E-state index is 0.547. The van der Waals surface area contributed by atoms with E-state index in [0.717, 1.165) is 17.6 Å². The van der Waals surface area contributed by atoms with E-state index in [-0.39, 0.29) is 0 Å². The molecular weight excluding hydrogens is 196 g/mol. The lowest BCUT2D eigenvalue weighted by Gasteiger charge is -2.48. The van der Waals surface area contributed by atoms with Gasteiger partial charge in [-0.05, 0) is 23.5 Å². The summed E-state index contributed by atoms with van der Waals surface area (Å²) < 4.78 is 5.51. The highest BCUT2D eigenvalue weighted by atomic mass is 16.5. The third kappa shape index (κ3) is 0.835. The Hall–Kier alpha value is -1.50. The fraction of sp³-hybridized carbons (Fsp3) is 0.333. The van der Waals surface area contributed by atoms with E-state index in [0.29, 0.717) is 11.8 Å². The molecule has 0 saturated carbocycles. The Bertz CT molecular complexity index is 512. The molecule has 4 aliphatic rings. The lowest BCUT2D eigenvalue weighted by molar-refractivity contribution is 0.305. The van der Waals surface area contributed by atoms with Crippen molar-refractivity contribution in [2.24, 2.45) is 11.8 Å². The van der Waals surface area contributed by atoms with Gasteiger partial charge in [-0.15, -0.1) is 0 Å². The summed E-state index contributed by atoms with van der Waals surface area (Å²) in [5.41, 5.74) is 2.92. The summed E-state index contributed by atoms with van der Waals surface area (Å²) in [5.74, 6) is 3.67. The van der Waals surface area contributed by atoms with Crippen LogP contribution in [0.25, 0.3) is 0 Å². The second-order valence-electron chi connectivity index (χ2n) is 4.94. The fourth-order valence-corrected chi connectivity index (χ4v) is 3.57. The first-order chi connectivity index (χ1) is 7.90. The molecule has 4 atom stereocenters. The van der Waals surface area contributed by atoms with Crippen molar-refractivity contribution in [3.63, 3.8) is 0 Å². The number of rotatable bonds is 1. The number of ether oxygens (including phenoxy) is 1. The molecular formula is C15H14O. The maximum Gasteiger partial charge on any atom is 0.122 e. The zero-order valence-corrected chi connectivity index (χ0v) is 9.26. The summed E-state index contributed by atoms with van der Waals surface area (Å²) in [4.78, 5) is 0. The SMILES string of the molecule is COc1cccc2c1[C@H]1C=C[C@H]2[C@H]2C=C[C@@H]21. The molecule has 0 saturated heterocycles. The van der Waals surface area contributed by atoms with Crippen LogP contribution in [0.3, 0.4) is 0 Å². The monoisotopic (exact) mass is 210 g/mol. The van der Waals surface area contributed by atoms with E-state index in [9.17, 15) is 0 Å². The Balaban J connectivity index is 1.97. The smallest absolute Gasteiger partial charge is 0.122 e. The summed E-state index contributed by atoms with van der Waals surface area (Å²) in [6.45, 7) is 0. The molecule has 5 rings (SSSR count). The molecule has 0 aliphatic heterocycles. The van der Waals surface area contributed by atoms with Crippen LogP contribution < -0.4 is 4.74 Å². The summed E-state index contributed by atoms with van der Waals surface area (Å²) in [7, 11) is 1.77. The van der Waals surface area contributed by atoms with Crippen LogP contribution in [0.15, 0.2) is 42.5 Å². The van der Waals surface area contributed by atoms with Crippen molar-refractivity contribution in [1.29, 1.82) is 0 Å². The Labute approximate surface area is 95.4 Å². The molecule has 0 amide bonds. The second kappa shape index (κ2) is 2.79. The van der Waals surface area contributed by atoms with Gasteiger partial charge in [-0.1, -0.05) is 36.4 Å². The molecule has 4 aliphatic carbocycles. The van der Waals surface area contributed by atoms with Gasteiger partial charge in [0.15, 0.2) is 0 Å². The minimum atomic E-state index is 0.547. The Morgan fingerprint density at radius 2 is 1.69 bits per heavy atom. The standard InChI is InChI=1S/C15H14O/c1-16-14-4-2-3-12-10-7-8-13(15(12)14)11-6-5-9(10)11/h2-11,13H,1H3/t9-,10+,11+,13+/m1/s1. The topological polar surface area (TPSA) is 9.23 Å². The summed E-state index contributed by atoms with van der Waals surface area (Å²) >= 11 is 0. The Kier molecular flexibility index (Phi) is 1.50. The number of benzene rings is 1. The molecule has 1 nitrogen and oxygen atoms in total. The summed E-state index contributed by atoms with van der Waals surface area (Å²) in [6, 6.07) is 6.47. The number of hydrogen-bond acceptors (Lipinski definition) is 1. The predicted molar refractivity (Wildman–Crippen MR) is 63.7 cm³/mol. The maximum absolute atomic E-state index is 5.51. The Morgan fingerprint density at radius 1 is 0.938 bits per heavy atom. The highest BCUT2D eigenvalue weighted by Gasteiger charge is 2.46. The average Bonchev–Trinajstić information content (AvgIpc) is 2.28. The van der Waals surface area contributed by atoms with Gasteiger partial charge >= 0.3 is 0 Å². The minimum Gasteiger partial charge on any atom is -0.496 e. The van der Waals surface area contributed by atoms with Crippen LogP contribution in [-0.2, 0) is 0 Å². The quantitative estimate of drug-likeness (QED) is 0.646. The lowest BCUT2D eigenvalue weighted by atomic mass is 9.55. The summed E-state index contributed by atoms with van der Waals surface area (Å²) in [5, 5.41) is 0. The van der Waals surface area contributed by atoms with Crippen LogP contribution >= 0.6 is 0 Å². The van der Waals surface area contributed by atoms with Crippen molar-refractivity contribution in [3.8, 4) is 5.75 Å². The van der Waals surface area contributed by atoms with Gasteiger partial charge in [0, 0.05) is 17.4 Å². The molecule has 1 aromatic carbocycles. The molecule has 2 bridgehead atoms. The van der Waals surface area contributed by atoms with Gasteiger partial charge in [-0.2, -0.15) is 0 Å². The molecule has 16 heavy (non-hydrogen) atoms. The normalized spacial score (nSPS) is 36.6. The molecule has 0 unspecified atom stereocenters. The molecule has 0 heterocycles. The molecule has 0 N–H and O–H groups in total. The first-order valence-corrected chi connectivity index (χ1v) is 5.93. The van der Waals surface area contributed by atoms with E-state index in [1.165, 1.54) is 11.1 Å². The molecule has 80 valence electrons. The van der Waals surface area contributed by atoms with Crippen LogP contribution in [-0.4, -0.2) is 7.11 Å². The van der Waals surface area contributed by atoms with E-state index in [1.54, 1.807) is 7.11 Å². The van der Waals surface area contributed by atoms with E-state index in [1.807, 2.05) is 0 Å². The van der Waals surface area contributed by atoms with Crippen molar-refractivity contribution in [3.05, 3.63) is 53.6 Å². The highest BCUT2D eigenvalue weighted by Crippen LogP contribution is 2.58. The van der Waals surface area contributed by atoms with Gasteiger partial charge in [0.05, 0.1) is 7.11 Å². The third-order valence-corrected chi connectivity index (χ3v) is 4.37. The predicted octanol–water partition coefficient (Wildman–Crippen LogP) is 3.25. The van der Waals surface area contributed by atoms with Crippen molar-refractivity contribution >= 4 is 0 Å². The van der Waals surface area contributed by atoms with E-state index in [4.69, 9.17) is 4.74 Å². The van der Waals surface area contributed by atoms with Gasteiger partial charge < -0.3 is 4.74 Å². The lowest BCUT2D eigenvalue weighted by Crippen LogP contribution is -2.37. The molecule has 1 aromatic rings. The Morgan fingerprint density at radius 3 is 2.44 bits per heavy atom. The van der Waals surface area contributed by atoms with E-state index < -0.39 is 0 Å². The molecule has 0 aromatic heterocycles. The molecule has 1 heteroatoms. The van der Waals surface area contributed by atoms with Crippen molar-refractivity contribution in [2.45, 2.75) is 11.8 Å². The molecule has 0 spiro atoms. The molecule has 0 fully saturated rings. The van der Waals surface area contributed by atoms with Crippen molar-refractivity contribution in [2.75, 3.05) is 7.11 Å². The van der Waals surface area contributed by atoms with Gasteiger partial charge in [0.1, 0.15) is 5.75 Å². The van der Waals surface area contributed by atoms with E-state index >= 15 is 0 Å². The fourth-order valence-electron chi connectivity index (χ4n) is 3.57. The van der Waals surface area contributed by atoms with Crippen LogP contribution in [0, 0.1) is 11.8 Å². The van der Waals surface area contributed by atoms with Crippen LogP contribution in [0.2, 0.25) is 0 Å². The van der Waals surface area contributed by atoms with Crippen LogP contribution in [0.4, 0.5) is 0 Å². The van der Waals surface area contributed by atoms with Gasteiger partial charge in [-0.3, -0.25) is 0 Å². The molecule has 0 radical (unpaired) electrons. The van der Waals surface area contributed by atoms with E-state index in [2.05, 4.69) is 42.5 Å². The number of hydrogen-bond donors (Lipinski definition) is 0. The second-order valence-corrected chi connectivity index (χ2v) is 4.94. The van der Waals surface area contributed by atoms with Crippen LogP contribution in [0.1, 0.15) is 23.0 Å². The van der Waals surface area contributed by atoms with Gasteiger partial charge in [0.25, 0.3) is 0 Å². The largest absolute Gasteiger partial charge is 0.496 e. The zero-order chi connectivity index (χ0) is 10.7. The maximum atomic E-state index is 5.51. The first-order valence-electron chi connectivity index (χ1n) is 5.93. The zero-order valence-electron chi connectivity index (χ0n) is 9.26. The first kappa shape index (κ1) is 8.63. The number of allylic oxidation sites excluding steroid dienone is 4. The van der Waals surface area contributed by atoms with Crippen LogP contribution in [0.5, 0.6) is 5.75 Å². The van der Waals surface area contributed by atoms with Gasteiger partial charge in [0.2, 0.25) is 0 Å². The van der Waals surface area contributed by atoms with Crippen molar-refractivity contribution < 1.29 is 4.74 Å². The van der Waals surface area contributed by atoms with Crippen molar-refractivity contribution in [1.82, 2.24) is 0 Å². The average molecular weight is 210 g/mol. The third-order valence-electron chi connectivity index (χ3n) is 4.37. The van der Waals surface area contributed by atoms with Gasteiger partial charge in [-0.25, -0.2) is 0 Å². The number of methoxy groups -OCH3 is 1. The highest BCUT2D eigenvalue weighted by molar-refractivity contribution is 5.56.